The minimum absolute atomic E-state index is 0.109. The Morgan fingerprint density at radius 1 is 0.956 bits per heavy atom. The lowest BCUT2D eigenvalue weighted by Crippen LogP contribution is -2.35. The number of methoxy groups -OCH3 is 1. The Balaban J connectivity index is 0.000000707. The molecule has 0 bridgehead atoms. The number of hydrogen-bond donors (Lipinski definition) is 4. The number of hydrogen-bond acceptors (Lipinski definition) is 8. The molecule has 16 heteroatoms. The van der Waals surface area contributed by atoms with Crippen LogP contribution in [0.2, 0.25) is 0 Å². The van der Waals surface area contributed by atoms with E-state index in [0.717, 1.165) is 32.1 Å². The van der Waals surface area contributed by atoms with Crippen LogP contribution in [0.5, 0.6) is 11.5 Å². The van der Waals surface area contributed by atoms with Crippen LogP contribution in [0.3, 0.4) is 0 Å². The fourth-order valence-corrected chi connectivity index (χ4v) is 4.20. The monoisotopic (exact) mass is 643 g/mol. The number of nitrogens with one attached hydrogen (secondary N) is 3. The van der Waals surface area contributed by atoms with Gasteiger partial charge in [-0.15, -0.1) is 0 Å². The van der Waals surface area contributed by atoms with Crippen LogP contribution < -0.4 is 25.4 Å². The summed E-state index contributed by atoms with van der Waals surface area (Å²) < 4.78 is 84.7. The molecular weight excluding hydrogens is 612 g/mol. The van der Waals surface area contributed by atoms with Crippen molar-refractivity contribution in [2.45, 2.75) is 31.3 Å². The Morgan fingerprint density at radius 2 is 1.60 bits per heavy atom. The number of rotatable bonds is 8. The molecule has 4 rings (SSSR count). The lowest BCUT2D eigenvalue weighted by molar-refractivity contribution is -0.192. The van der Waals surface area contributed by atoms with Crippen molar-refractivity contribution >= 4 is 34.8 Å². The average molecular weight is 644 g/mol. The lowest BCUT2D eigenvalue weighted by Gasteiger charge is -2.29. The minimum Gasteiger partial charge on any atom is -0.494 e. The summed E-state index contributed by atoms with van der Waals surface area (Å²) in [7, 11) is 5.03. The number of halogens is 6. The fourth-order valence-electron chi connectivity index (χ4n) is 4.20. The summed E-state index contributed by atoms with van der Waals surface area (Å²) in [5.74, 6) is -1.93. The number of carboxylic acids is 1. The molecule has 244 valence electrons. The van der Waals surface area contributed by atoms with Crippen LogP contribution in [0, 0.1) is 0 Å². The highest BCUT2D eigenvalue weighted by molar-refractivity contribution is 6.00. The number of carbonyl (C=O) groups is 2. The van der Waals surface area contributed by atoms with Crippen LogP contribution >= 0.6 is 0 Å². The van der Waals surface area contributed by atoms with Crippen LogP contribution in [-0.4, -0.2) is 73.4 Å². The highest BCUT2D eigenvalue weighted by atomic mass is 19.4. The molecule has 1 aliphatic heterocycles. The van der Waals surface area contributed by atoms with Gasteiger partial charge < -0.3 is 35.4 Å². The van der Waals surface area contributed by atoms with E-state index in [1.54, 1.807) is 30.3 Å². The molecule has 2 heterocycles. The van der Waals surface area contributed by atoms with Crippen molar-refractivity contribution in [2.75, 3.05) is 44.9 Å². The van der Waals surface area contributed by atoms with Crippen molar-refractivity contribution in [1.29, 1.82) is 0 Å². The molecule has 1 fully saturated rings. The predicted octanol–water partition coefficient (Wildman–Crippen LogP) is 6.06. The number of ether oxygens (including phenoxy) is 2. The highest BCUT2D eigenvalue weighted by Crippen LogP contribution is 2.39. The predicted molar refractivity (Wildman–Crippen MR) is 153 cm³/mol. The Hall–Kier alpha value is -4.73. The van der Waals surface area contributed by atoms with E-state index in [0.29, 0.717) is 17.2 Å². The van der Waals surface area contributed by atoms with Crippen LogP contribution in [0.15, 0.2) is 54.7 Å². The molecule has 0 spiro atoms. The van der Waals surface area contributed by atoms with Gasteiger partial charge in [0.1, 0.15) is 23.4 Å². The van der Waals surface area contributed by atoms with Gasteiger partial charge in [0.25, 0.3) is 5.91 Å². The molecule has 1 saturated heterocycles. The van der Waals surface area contributed by atoms with Crippen LogP contribution in [-0.2, 0) is 11.0 Å². The summed E-state index contributed by atoms with van der Waals surface area (Å²) in [6, 6.07) is 12.8. The number of aromatic nitrogens is 1. The molecule has 0 atom stereocenters. The van der Waals surface area contributed by atoms with Crippen molar-refractivity contribution in [3.05, 3.63) is 65.9 Å². The molecule has 1 amide bonds. The Morgan fingerprint density at radius 3 is 2.18 bits per heavy atom. The van der Waals surface area contributed by atoms with Crippen LogP contribution in [0.25, 0.3) is 0 Å². The van der Waals surface area contributed by atoms with Gasteiger partial charge in [0.15, 0.2) is 0 Å². The molecule has 4 N–H and O–H groups in total. The number of aliphatic carboxylic acids is 1. The number of amides is 1. The van der Waals surface area contributed by atoms with Crippen molar-refractivity contribution in [3.8, 4) is 11.5 Å². The molecule has 2 aromatic carbocycles. The van der Waals surface area contributed by atoms with Gasteiger partial charge >= 0.3 is 18.3 Å². The number of benzene rings is 2. The van der Waals surface area contributed by atoms with E-state index in [-0.39, 0.29) is 28.9 Å². The van der Waals surface area contributed by atoms with E-state index in [4.69, 9.17) is 19.4 Å². The fraction of sp³-hybridized carbons (Fsp3) is 0.345. The summed E-state index contributed by atoms with van der Waals surface area (Å²) in [5, 5.41) is 15.4. The Kier molecular flexibility index (Phi) is 11.5. The van der Waals surface area contributed by atoms with Gasteiger partial charge in [-0.3, -0.25) is 4.79 Å². The van der Waals surface area contributed by atoms with E-state index < -0.39 is 29.8 Å². The topological polar surface area (TPSA) is 125 Å². The molecule has 10 nitrogen and oxygen atoms in total. The maximum atomic E-state index is 13.8. The molecule has 3 aromatic rings. The second kappa shape index (κ2) is 14.8. The van der Waals surface area contributed by atoms with Gasteiger partial charge in [-0.05, 0) is 44.2 Å². The first-order chi connectivity index (χ1) is 21.1. The second-order valence-corrected chi connectivity index (χ2v) is 9.77. The molecule has 0 aliphatic carbocycles. The molecule has 45 heavy (non-hydrogen) atoms. The van der Waals surface area contributed by atoms with E-state index in [1.807, 2.05) is 0 Å². The SMILES string of the molecule is CNC(=O)c1ccccc1Nc1cc(Nc2ccc(OC3CCN(C)CC3)cc2OC)ncc1C(F)(F)F.O=C(O)C(F)(F)F. The maximum absolute atomic E-state index is 13.8. The van der Waals surface area contributed by atoms with Gasteiger partial charge in [0.05, 0.1) is 35.3 Å². The van der Waals surface area contributed by atoms with E-state index in [2.05, 4.69) is 32.9 Å². The third-order valence-electron chi connectivity index (χ3n) is 6.52. The molecule has 1 aliphatic rings. The lowest BCUT2D eigenvalue weighted by atomic mass is 10.1. The first kappa shape index (κ1) is 34.8. The Bertz CT molecular complexity index is 1480. The summed E-state index contributed by atoms with van der Waals surface area (Å²) in [5.41, 5.74) is -0.290. The zero-order chi connectivity index (χ0) is 33.4. The smallest absolute Gasteiger partial charge is 0.490 e. The number of carboxylic acid groups (broad SMARTS) is 1. The third kappa shape index (κ3) is 9.89. The zero-order valence-electron chi connectivity index (χ0n) is 24.3. The molecular formula is C29H31F6N5O5. The number of carbonyl (C=O) groups excluding carboxylic acids is 1. The summed E-state index contributed by atoms with van der Waals surface area (Å²) in [4.78, 5) is 27.4. The van der Waals surface area contributed by atoms with Crippen LogP contribution in [0.1, 0.15) is 28.8 Å². The number of nitrogens with zero attached hydrogens (tertiary/aromatic N) is 2. The number of anilines is 4. The second-order valence-electron chi connectivity index (χ2n) is 9.77. The summed E-state index contributed by atoms with van der Waals surface area (Å²) >= 11 is 0. The minimum atomic E-state index is -5.08. The van der Waals surface area contributed by atoms with Crippen LogP contribution in [0.4, 0.5) is 49.2 Å². The first-order valence-corrected chi connectivity index (χ1v) is 13.4. The van der Waals surface area contributed by atoms with Crippen molar-refractivity contribution in [1.82, 2.24) is 15.2 Å². The number of likely N-dealkylation sites (tertiary alicyclic amines) is 1. The zero-order valence-corrected chi connectivity index (χ0v) is 24.3. The van der Waals surface area contributed by atoms with Gasteiger partial charge in [0, 0.05) is 38.5 Å². The van der Waals surface area contributed by atoms with Crippen molar-refractivity contribution in [3.63, 3.8) is 0 Å². The largest absolute Gasteiger partial charge is 0.494 e. The normalized spacial score (nSPS) is 14.1. The van der Waals surface area contributed by atoms with Gasteiger partial charge in [0.2, 0.25) is 0 Å². The number of piperidine rings is 1. The maximum Gasteiger partial charge on any atom is 0.490 e. The van der Waals surface area contributed by atoms with E-state index >= 15 is 0 Å². The number of para-hydroxylation sites is 1. The molecule has 0 radical (unpaired) electrons. The van der Waals surface area contributed by atoms with E-state index in [1.165, 1.54) is 32.4 Å². The number of pyridine rings is 1. The summed E-state index contributed by atoms with van der Waals surface area (Å²) in [6.07, 6.45) is -7.05. The number of alkyl halides is 6. The highest BCUT2D eigenvalue weighted by Gasteiger charge is 2.38. The van der Waals surface area contributed by atoms with Crippen molar-refractivity contribution in [2.24, 2.45) is 0 Å². The average Bonchev–Trinajstić information content (AvgIpc) is 2.98. The Labute approximate surface area is 254 Å². The molecule has 0 saturated carbocycles. The summed E-state index contributed by atoms with van der Waals surface area (Å²) in [6.45, 7) is 1.93. The standard InChI is InChI=1S/C27H30F3N5O3.C2HF3O2/c1-31-26(36)19-6-4-5-7-21(19)33-23-15-25(32-16-20(23)27(28,29)30)34-22-9-8-18(14-24(22)37-3)38-17-10-12-35(2)13-11-17;3-2(4,5)1(6)7/h4-9,14-17H,10-13H2,1-3H3,(H,31,36)(H2,32,33,34);(H,6,7). The van der Waals surface area contributed by atoms with Gasteiger partial charge in [-0.2, -0.15) is 26.3 Å². The van der Waals surface area contributed by atoms with Gasteiger partial charge in [-0.25, -0.2) is 9.78 Å². The quantitative estimate of drug-likeness (QED) is 0.217. The van der Waals surface area contributed by atoms with E-state index in [9.17, 15) is 31.1 Å². The first-order valence-electron chi connectivity index (χ1n) is 13.4. The molecule has 1 aromatic heterocycles. The third-order valence-corrected chi connectivity index (χ3v) is 6.52. The molecule has 0 unspecified atom stereocenters. The van der Waals surface area contributed by atoms with Gasteiger partial charge in [-0.1, -0.05) is 12.1 Å². The van der Waals surface area contributed by atoms with Crippen molar-refractivity contribution < 1.29 is 50.5 Å².